The second-order valence-corrected chi connectivity index (χ2v) is 8.73. The minimum Gasteiger partial charge on any atom is -0.334 e. The normalized spacial score (nSPS) is 22.7. The maximum absolute atomic E-state index is 12.6. The average Bonchev–Trinajstić information content (AvgIpc) is 3.25. The monoisotopic (exact) mass is 336 g/mol. The van der Waals surface area contributed by atoms with Gasteiger partial charge in [0.05, 0.1) is 10.1 Å². The first kappa shape index (κ1) is 16.5. The lowest BCUT2D eigenvalue weighted by Gasteiger charge is -2.23. The molecule has 5 nitrogen and oxygen atoms in total. The number of nitrogens with zero attached hydrogens (tertiary/aromatic N) is 1. The first-order valence-electron chi connectivity index (χ1n) is 8.39. The van der Waals surface area contributed by atoms with Crippen molar-refractivity contribution in [3.63, 3.8) is 0 Å². The van der Waals surface area contributed by atoms with Crippen molar-refractivity contribution in [2.75, 3.05) is 13.1 Å². The van der Waals surface area contributed by atoms with Crippen molar-refractivity contribution in [1.29, 1.82) is 0 Å². The molecule has 1 aromatic rings. The van der Waals surface area contributed by atoms with Crippen LogP contribution >= 0.6 is 0 Å². The molecule has 0 unspecified atom stereocenters. The molecule has 1 aromatic carbocycles. The minimum atomic E-state index is -3.26. The van der Waals surface area contributed by atoms with E-state index in [-0.39, 0.29) is 17.2 Å². The van der Waals surface area contributed by atoms with E-state index in [1.807, 2.05) is 0 Å². The summed E-state index contributed by atoms with van der Waals surface area (Å²) in [5.41, 5.74) is 6.26. The molecule has 6 heteroatoms. The van der Waals surface area contributed by atoms with Gasteiger partial charge in [0, 0.05) is 24.7 Å². The molecule has 1 aliphatic carbocycles. The summed E-state index contributed by atoms with van der Waals surface area (Å²) in [6.07, 6.45) is 5.37. The molecule has 1 saturated carbocycles. The molecule has 1 atom stereocenters. The number of carbonyl (C=O) groups excluding carboxylic acids is 1. The van der Waals surface area contributed by atoms with Crippen molar-refractivity contribution in [2.24, 2.45) is 5.73 Å². The summed E-state index contributed by atoms with van der Waals surface area (Å²) in [5.74, 6) is -0.0530. The number of sulfone groups is 1. The summed E-state index contributed by atoms with van der Waals surface area (Å²) >= 11 is 0. The van der Waals surface area contributed by atoms with Crippen LogP contribution in [-0.2, 0) is 9.84 Å². The van der Waals surface area contributed by atoms with Crippen LogP contribution in [0.5, 0.6) is 0 Å². The standard InChI is InChI=1S/C17H24N2O3S/c18-12-14-4-3-11-19(14)17(20)13-7-9-16(10-8-13)23(21,22)15-5-1-2-6-15/h7-10,14-15H,1-6,11-12,18H2/t14-/m1/s1. The highest BCUT2D eigenvalue weighted by Gasteiger charge is 2.31. The van der Waals surface area contributed by atoms with E-state index >= 15 is 0 Å². The quantitative estimate of drug-likeness (QED) is 0.911. The van der Waals surface area contributed by atoms with Crippen molar-refractivity contribution in [3.05, 3.63) is 29.8 Å². The highest BCUT2D eigenvalue weighted by molar-refractivity contribution is 7.92. The predicted octanol–water partition coefficient (Wildman–Crippen LogP) is 1.97. The Bertz CT molecular complexity index is 664. The Morgan fingerprint density at radius 2 is 1.74 bits per heavy atom. The molecule has 1 amide bonds. The lowest BCUT2D eigenvalue weighted by molar-refractivity contribution is 0.0741. The van der Waals surface area contributed by atoms with Crippen LogP contribution < -0.4 is 5.73 Å². The van der Waals surface area contributed by atoms with Gasteiger partial charge < -0.3 is 10.6 Å². The van der Waals surface area contributed by atoms with Crippen LogP contribution in [0.15, 0.2) is 29.2 Å². The Kier molecular flexibility index (Phi) is 4.73. The molecule has 3 rings (SSSR count). The van der Waals surface area contributed by atoms with Crippen LogP contribution in [0, 0.1) is 0 Å². The molecule has 1 saturated heterocycles. The Morgan fingerprint density at radius 3 is 2.35 bits per heavy atom. The summed E-state index contributed by atoms with van der Waals surface area (Å²) in [6, 6.07) is 6.53. The molecular formula is C17H24N2O3S. The van der Waals surface area contributed by atoms with E-state index in [1.54, 1.807) is 29.2 Å². The number of hydrogen-bond donors (Lipinski definition) is 1. The van der Waals surface area contributed by atoms with Gasteiger partial charge in [-0.15, -0.1) is 0 Å². The number of hydrogen-bond acceptors (Lipinski definition) is 4. The number of amides is 1. The van der Waals surface area contributed by atoms with E-state index in [1.165, 1.54) is 0 Å². The number of nitrogens with two attached hydrogens (primary N) is 1. The molecule has 126 valence electrons. The first-order valence-corrected chi connectivity index (χ1v) is 9.93. The van der Waals surface area contributed by atoms with Crippen LogP contribution in [0.2, 0.25) is 0 Å². The average molecular weight is 336 g/mol. The number of rotatable bonds is 4. The fraction of sp³-hybridized carbons (Fsp3) is 0.588. The van der Waals surface area contributed by atoms with Crippen LogP contribution in [0.1, 0.15) is 48.9 Å². The van der Waals surface area contributed by atoms with E-state index in [0.29, 0.717) is 17.0 Å². The van der Waals surface area contributed by atoms with Gasteiger partial charge >= 0.3 is 0 Å². The first-order chi connectivity index (χ1) is 11.0. The third kappa shape index (κ3) is 3.15. The molecule has 1 aliphatic heterocycles. The van der Waals surface area contributed by atoms with E-state index in [0.717, 1.165) is 45.1 Å². The number of benzene rings is 1. The lowest BCUT2D eigenvalue weighted by Crippen LogP contribution is -2.39. The van der Waals surface area contributed by atoms with E-state index in [9.17, 15) is 13.2 Å². The highest BCUT2D eigenvalue weighted by atomic mass is 32.2. The molecule has 1 heterocycles. The number of likely N-dealkylation sites (tertiary alicyclic amines) is 1. The van der Waals surface area contributed by atoms with Crippen LogP contribution in [0.25, 0.3) is 0 Å². The zero-order valence-electron chi connectivity index (χ0n) is 13.3. The largest absolute Gasteiger partial charge is 0.334 e. The summed E-state index contributed by atoms with van der Waals surface area (Å²) < 4.78 is 25.1. The van der Waals surface area contributed by atoms with E-state index in [4.69, 9.17) is 5.73 Å². The Labute approximate surface area is 137 Å². The summed E-state index contributed by atoms with van der Waals surface area (Å²) in [5, 5.41) is -0.260. The SMILES string of the molecule is NC[C@H]1CCCN1C(=O)c1ccc(S(=O)(=O)C2CCCC2)cc1. The third-order valence-corrected chi connectivity index (χ3v) is 7.36. The van der Waals surface area contributed by atoms with Gasteiger partial charge in [-0.3, -0.25) is 4.79 Å². The van der Waals surface area contributed by atoms with Crippen molar-refractivity contribution in [3.8, 4) is 0 Å². The van der Waals surface area contributed by atoms with Gasteiger partial charge in [-0.25, -0.2) is 8.42 Å². The molecule has 0 radical (unpaired) electrons. The van der Waals surface area contributed by atoms with Crippen LogP contribution in [0.4, 0.5) is 0 Å². The summed E-state index contributed by atoms with van der Waals surface area (Å²) in [6.45, 7) is 1.20. The zero-order valence-corrected chi connectivity index (χ0v) is 14.1. The zero-order chi connectivity index (χ0) is 16.4. The number of carbonyl (C=O) groups is 1. The molecule has 23 heavy (non-hydrogen) atoms. The Balaban J connectivity index is 1.78. The van der Waals surface area contributed by atoms with E-state index < -0.39 is 9.84 Å². The van der Waals surface area contributed by atoms with Crippen molar-refractivity contribution >= 4 is 15.7 Å². The predicted molar refractivity (Wildman–Crippen MR) is 89.0 cm³/mol. The molecule has 2 aliphatic rings. The maximum atomic E-state index is 12.6. The molecule has 2 fully saturated rings. The van der Waals surface area contributed by atoms with Gasteiger partial charge in [0.2, 0.25) is 0 Å². The highest BCUT2D eigenvalue weighted by Crippen LogP contribution is 2.30. The van der Waals surface area contributed by atoms with Gasteiger partial charge in [-0.2, -0.15) is 0 Å². The minimum absolute atomic E-state index is 0.0530. The topological polar surface area (TPSA) is 80.5 Å². The van der Waals surface area contributed by atoms with Crippen LogP contribution in [0.3, 0.4) is 0 Å². The Hall–Kier alpha value is -1.40. The maximum Gasteiger partial charge on any atom is 0.254 e. The molecule has 0 bridgehead atoms. The molecular weight excluding hydrogens is 312 g/mol. The summed E-state index contributed by atoms with van der Waals surface area (Å²) in [7, 11) is -3.26. The van der Waals surface area contributed by atoms with Gasteiger partial charge in [0.15, 0.2) is 9.84 Å². The smallest absolute Gasteiger partial charge is 0.254 e. The third-order valence-electron chi connectivity index (χ3n) is 5.08. The van der Waals surface area contributed by atoms with Gasteiger partial charge in [0.25, 0.3) is 5.91 Å². The molecule has 0 spiro atoms. The fourth-order valence-corrected chi connectivity index (χ4v) is 5.55. The Morgan fingerprint density at radius 1 is 1.09 bits per heavy atom. The van der Waals surface area contributed by atoms with Crippen molar-refractivity contribution < 1.29 is 13.2 Å². The molecule has 2 N–H and O–H groups in total. The van der Waals surface area contributed by atoms with Crippen molar-refractivity contribution in [2.45, 2.75) is 54.7 Å². The van der Waals surface area contributed by atoms with Crippen molar-refractivity contribution in [1.82, 2.24) is 4.90 Å². The lowest BCUT2D eigenvalue weighted by atomic mass is 10.1. The fourth-order valence-electron chi connectivity index (χ4n) is 3.69. The summed E-state index contributed by atoms with van der Waals surface area (Å²) in [4.78, 5) is 14.7. The van der Waals surface area contributed by atoms with E-state index in [2.05, 4.69) is 0 Å². The van der Waals surface area contributed by atoms with Crippen LogP contribution in [-0.4, -0.2) is 43.6 Å². The molecule has 0 aromatic heterocycles. The second kappa shape index (κ2) is 6.61. The van der Waals surface area contributed by atoms with Gasteiger partial charge in [-0.1, -0.05) is 12.8 Å². The second-order valence-electron chi connectivity index (χ2n) is 6.51. The van der Waals surface area contributed by atoms with Gasteiger partial charge in [-0.05, 0) is 49.9 Å². The van der Waals surface area contributed by atoms with Gasteiger partial charge in [0.1, 0.15) is 0 Å².